The van der Waals surface area contributed by atoms with E-state index >= 15 is 0 Å². The summed E-state index contributed by atoms with van der Waals surface area (Å²) in [6.45, 7) is 6.90. The van der Waals surface area contributed by atoms with E-state index in [1.54, 1.807) is 19.9 Å². The summed E-state index contributed by atoms with van der Waals surface area (Å²) in [4.78, 5) is 0. The van der Waals surface area contributed by atoms with Crippen LogP contribution in [0.5, 0.6) is 0 Å². The van der Waals surface area contributed by atoms with E-state index in [1.807, 2.05) is 0 Å². The van der Waals surface area contributed by atoms with Crippen molar-refractivity contribution in [1.82, 2.24) is 0 Å². The van der Waals surface area contributed by atoms with Crippen molar-refractivity contribution in [2.75, 3.05) is 20.8 Å². The number of aliphatic hydroxyl groups is 1. The predicted molar refractivity (Wildman–Crippen MR) is 57.9 cm³/mol. The average molecular weight is 232 g/mol. The normalized spacial score (nSPS) is 44.3. The number of aliphatic hydroxyl groups excluding tert-OH is 1. The highest BCUT2D eigenvalue weighted by molar-refractivity contribution is 4.97. The quantitative estimate of drug-likeness (QED) is 0.722. The maximum atomic E-state index is 9.21. The first kappa shape index (κ1) is 13.6. The van der Waals surface area contributed by atoms with Crippen molar-refractivity contribution >= 4 is 0 Å². The molecule has 0 saturated carbocycles. The molecule has 0 aromatic carbocycles. The van der Waals surface area contributed by atoms with Crippen molar-refractivity contribution < 1.29 is 24.1 Å². The van der Waals surface area contributed by atoms with Crippen LogP contribution in [0, 0.1) is 0 Å². The van der Waals surface area contributed by atoms with Gasteiger partial charge in [-0.25, -0.2) is 0 Å². The second kappa shape index (κ2) is 4.81. The van der Waals surface area contributed by atoms with Crippen LogP contribution in [0.4, 0.5) is 0 Å². The summed E-state index contributed by atoms with van der Waals surface area (Å²) in [6, 6.07) is 0. The highest BCUT2D eigenvalue weighted by Gasteiger charge is 2.55. The first-order chi connectivity index (χ1) is 7.46. The summed E-state index contributed by atoms with van der Waals surface area (Å²) in [5, 5.41) is 9.21. The molecule has 0 aromatic heterocycles. The molecule has 0 aliphatic carbocycles. The third kappa shape index (κ3) is 2.01. The van der Waals surface area contributed by atoms with Gasteiger partial charge in [0.15, 0.2) is 0 Å². The van der Waals surface area contributed by atoms with Crippen molar-refractivity contribution in [1.29, 1.82) is 0 Å². The minimum Gasteiger partial charge on any atom is -0.394 e. The fourth-order valence-corrected chi connectivity index (χ4v) is 1.71. The Bertz CT molecular complexity index is 257. The smallest absolute Gasteiger partial charge is 0.220 e. The Balaban J connectivity index is 2.99. The van der Waals surface area contributed by atoms with Crippen molar-refractivity contribution in [3.05, 3.63) is 12.7 Å². The van der Waals surface area contributed by atoms with Gasteiger partial charge in [0.1, 0.15) is 12.2 Å². The lowest BCUT2D eigenvalue weighted by Gasteiger charge is -2.51. The van der Waals surface area contributed by atoms with Gasteiger partial charge in [-0.3, -0.25) is 0 Å². The summed E-state index contributed by atoms with van der Waals surface area (Å²) in [5.74, 6) is -2.12. The predicted octanol–water partition coefficient (Wildman–Crippen LogP) is 0.674. The molecule has 0 aromatic rings. The molecule has 94 valence electrons. The standard InChI is InChI=1S/C11H20O5/c1-6-8-9(7-12)16-11(3,14-5)10(2,13-4)15-8/h6,8-9,12H,1,7H2,2-5H3/t8-,9-,10+,11+/m1/s1. The van der Waals surface area contributed by atoms with Crippen LogP contribution >= 0.6 is 0 Å². The van der Waals surface area contributed by atoms with Gasteiger partial charge < -0.3 is 24.1 Å². The summed E-state index contributed by atoms with van der Waals surface area (Å²) >= 11 is 0. The highest BCUT2D eigenvalue weighted by atomic mass is 16.8. The SMILES string of the molecule is C=C[C@H]1O[C@](C)(OC)[C@@](C)(OC)O[C@@H]1CO. The molecule has 1 rings (SSSR count). The summed E-state index contributed by atoms with van der Waals surface area (Å²) in [7, 11) is 3.02. The molecule has 5 heteroatoms. The minimum atomic E-state index is -1.07. The molecule has 0 amide bonds. The van der Waals surface area contributed by atoms with Crippen molar-refractivity contribution in [3.8, 4) is 0 Å². The number of hydrogen-bond donors (Lipinski definition) is 1. The van der Waals surface area contributed by atoms with Gasteiger partial charge in [-0.2, -0.15) is 0 Å². The zero-order valence-electron chi connectivity index (χ0n) is 10.2. The van der Waals surface area contributed by atoms with Crippen LogP contribution in [0.25, 0.3) is 0 Å². The van der Waals surface area contributed by atoms with E-state index in [1.165, 1.54) is 14.2 Å². The first-order valence-corrected chi connectivity index (χ1v) is 5.15. The number of ether oxygens (including phenoxy) is 4. The van der Waals surface area contributed by atoms with Crippen LogP contribution in [0.2, 0.25) is 0 Å². The van der Waals surface area contributed by atoms with Crippen molar-refractivity contribution in [2.45, 2.75) is 37.6 Å². The van der Waals surface area contributed by atoms with Crippen LogP contribution in [0.3, 0.4) is 0 Å². The molecule has 0 unspecified atom stereocenters. The second-order valence-corrected chi connectivity index (χ2v) is 3.96. The van der Waals surface area contributed by atoms with Gasteiger partial charge in [-0.05, 0) is 13.8 Å². The van der Waals surface area contributed by atoms with Crippen LogP contribution in [-0.4, -0.2) is 49.7 Å². The summed E-state index contributed by atoms with van der Waals surface area (Å²) in [5.41, 5.74) is 0. The third-order valence-electron chi connectivity index (χ3n) is 3.12. The van der Waals surface area contributed by atoms with E-state index in [2.05, 4.69) is 6.58 Å². The van der Waals surface area contributed by atoms with Gasteiger partial charge in [0.25, 0.3) is 0 Å². The van der Waals surface area contributed by atoms with E-state index < -0.39 is 23.8 Å². The van der Waals surface area contributed by atoms with Gasteiger partial charge >= 0.3 is 0 Å². The average Bonchev–Trinajstić information content (AvgIpc) is 2.31. The highest BCUT2D eigenvalue weighted by Crippen LogP contribution is 2.39. The molecule has 1 fully saturated rings. The van der Waals surface area contributed by atoms with Crippen LogP contribution in [0.1, 0.15) is 13.8 Å². The molecule has 1 N–H and O–H groups in total. The second-order valence-electron chi connectivity index (χ2n) is 3.96. The van der Waals surface area contributed by atoms with E-state index in [4.69, 9.17) is 18.9 Å². The van der Waals surface area contributed by atoms with Gasteiger partial charge in [0, 0.05) is 14.2 Å². The fraction of sp³-hybridized carbons (Fsp3) is 0.818. The number of hydrogen-bond acceptors (Lipinski definition) is 5. The maximum absolute atomic E-state index is 9.21. The lowest BCUT2D eigenvalue weighted by molar-refractivity contribution is -0.444. The van der Waals surface area contributed by atoms with Crippen LogP contribution in [0.15, 0.2) is 12.7 Å². The molecule has 0 radical (unpaired) electrons. The Hall–Kier alpha value is -0.460. The number of rotatable bonds is 4. The fourth-order valence-electron chi connectivity index (χ4n) is 1.71. The van der Waals surface area contributed by atoms with Gasteiger partial charge in [0.2, 0.25) is 11.6 Å². The van der Waals surface area contributed by atoms with Gasteiger partial charge in [0.05, 0.1) is 6.61 Å². The molecular weight excluding hydrogens is 212 g/mol. The van der Waals surface area contributed by atoms with E-state index in [0.717, 1.165) is 0 Å². The monoisotopic (exact) mass is 232 g/mol. The van der Waals surface area contributed by atoms with Crippen LogP contribution in [-0.2, 0) is 18.9 Å². The lowest BCUT2D eigenvalue weighted by atomic mass is 10.0. The molecule has 1 aliphatic rings. The van der Waals surface area contributed by atoms with Gasteiger partial charge in [-0.15, -0.1) is 6.58 Å². The zero-order chi connectivity index (χ0) is 12.4. The van der Waals surface area contributed by atoms with E-state index in [0.29, 0.717) is 0 Å². The van der Waals surface area contributed by atoms with Crippen molar-refractivity contribution in [3.63, 3.8) is 0 Å². The summed E-state index contributed by atoms with van der Waals surface area (Å²) < 4.78 is 22.0. The van der Waals surface area contributed by atoms with E-state index in [9.17, 15) is 5.11 Å². The molecule has 1 saturated heterocycles. The van der Waals surface area contributed by atoms with E-state index in [-0.39, 0.29) is 6.61 Å². The molecule has 5 nitrogen and oxygen atoms in total. The number of methoxy groups -OCH3 is 2. The first-order valence-electron chi connectivity index (χ1n) is 5.15. The molecule has 1 heterocycles. The Morgan fingerprint density at radius 3 is 2.12 bits per heavy atom. The van der Waals surface area contributed by atoms with Crippen LogP contribution < -0.4 is 0 Å². The minimum absolute atomic E-state index is 0.171. The third-order valence-corrected chi connectivity index (χ3v) is 3.12. The molecule has 1 aliphatic heterocycles. The zero-order valence-corrected chi connectivity index (χ0v) is 10.2. The Kier molecular flexibility index (Phi) is 4.09. The Morgan fingerprint density at radius 1 is 1.25 bits per heavy atom. The molecule has 0 spiro atoms. The Morgan fingerprint density at radius 2 is 1.75 bits per heavy atom. The molecule has 16 heavy (non-hydrogen) atoms. The lowest BCUT2D eigenvalue weighted by Crippen LogP contribution is -2.65. The molecular formula is C11H20O5. The largest absolute Gasteiger partial charge is 0.394 e. The van der Waals surface area contributed by atoms with Crippen molar-refractivity contribution in [2.24, 2.45) is 0 Å². The topological polar surface area (TPSA) is 57.2 Å². The molecule has 0 bridgehead atoms. The molecule has 4 atom stereocenters. The summed E-state index contributed by atoms with van der Waals surface area (Å²) in [6.07, 6.45) is 0.636. The maximum Gasteiger partial charge on any atom is 0.220 e. The Labute approximate surface area is 95.9 Å². The van der Waals surface area contributed by atoms with Gasteiger partial charge in [-0.1, -0.05) is 6.08 Å².